The van der Waals surface area contributed by atoms with Crippen LogP contribution in [0, 0.1) is 23.2 Å². The first-order valence-electron chi connectivity index (χ1n) is 7.38. The largest absolute Gasteiger partial charge is 0.388 e. The van der Waals surface area contributed by atoms with Crippen LogP contribution in [0.15, 0.2) is 11.8 Å². The van der Waals surface area contributed by atoms with Crippen LogP contribution in [-0.4, -0.2) is 12.3 Å². The van der Waals surface area contributed by atoms with Gasteiger partial charge >= 0.3 is 0 Å². The molecule has 0 amide bonds. The molecule has 2 atom stereocenters. The number of carbonyl (C=O) groups is 1. The van der Waals surface area contributed by atoms with Crippen LogP contribution in [0.25, 0.3) is 0 Å². The number of carbonyl (C=O) groups excluding carboxylic acids is 1. The highest BCUT2D eigenvalue weighted by molar-refractivity contribution is 5.91. The predicted molar refractivity (Wildman–Crippen MR) is 75.2 cm³/mol. The number of ketones is 1. The number of allylic oxidation sites excluding steroid dienone is 2. The van der Waals surface area contributed by atoms with Crippen molar-refractivity contribution in [2.75, 3.05) is 6.54 Å². The maximum absolute atomic E-state index is 11.4. The van der Waals surface area contributed by atoms with Gasteiger partial charge in [-0.3, -0.25) is 4.79 Å². The lowest BCUT2D eigenvalue weighted by atomic mass is 10.0. The van der Waals surface area contributed by atoms with E-state index in [1.807, 2.05) is 6.08 Å². The maximum atomic E-state index is 11.4. The highest BCUT2D eigenvalue weighted by atomic mass is 16.1. The second kappa shape index (κ2) is 5.07. The van der Waals surface area contributed by atoms with Gasteiger partial charge in [0.05, 0.1) is 0 Å². The van der Waals surface area contributed by atoms with Crippen molar-refractivity contribution in [3.05, 3.63) is 11.8 Å². The third-order valence-electron chi connectivity index (χ3n) is 4.77. The molecule has 2 aliphatic carbocycles. The second-order valence-corrected chi connectivity index (χ2v) is 7.03. The first kappa shape index (κ1) is 13.6. The van der Waals surface area contributed by atoms with Crippen LogP contribution in [0.3, 0.4) is 0 Å². The Bertz CT molecular complexity index is 354. The summed E-state index contributed by atoms with van der Waals surface area (Å²) >= 11 is 0. The average molecular weight is 249 g/mol. The fourth-order valence-corrected chi connectivity index (χ4v) is 3.41. The third kappa shape index (κ3) is 2.96. The summed E-state index contributed by atoms with van der Waals surface area (Å²) in [6.07, 6.45) is 5.94. The van der Waals surface area contributed by atoms with E-state index in [1.54, 1.807) is 0 Å². The van der Waals surface area contributed by atoms with E-state index < -0.39 is 0 Å². The van der Waals surface area contributed by atoms with Gasteiger partial charge in [-0.2, -0.15) is 0 Å². The van der Waals surface area contributed by atoms with Gasteiger partial charge in [-0.15, -0.1) is 0 Å². The molecule has 1 saturated carbocycles. The van der Waals surface area contributed by atoms with E-state index in [2.05, 4.69) is 33.0 Å². The molecule has 18 heavy (non-hydrogen) atoms. The molecule has 0 heterocycles. The molecule has 2 nitrogen and oxygen atoms in total. The molecule has 0 aliphatic heterocycles. The minimum absolute atomic E-state index is 0.289. The van der Waals surface area contributed by atoms with Gasteiger partial charge in [0.2, 0.25) is 0 Å². The maximum Gasteiger partial charge on any atom is 0.157 e. The van der Waals surface area contributed by atoms with Crippen LogP contribution in [0.4, 0.5) is 0 Å². The summed E-state index contributed by atoms with van der Waals surface area (Å²) in [5, 5.41) is 3.51. The van der Waals surface area contributed by atoms with Gasteiger partial charge in [0.1, 0.15) is 0 Å². The molecule has 2 rings (SSSR count). The van der Waals surface area contributed by atoms with E-state index in [-0.39, 0.29) is 5.78 Å². The third-order valence-corrected chi connectivity index (χ3v) is 4.77. The van der Waals surface area contributed by atoms with Crippen molar-refractivity contribution in [1.29, 1.82) is 0 Å². The Labute approximate surface area is 111 Å². The molecular formula is C16H27NO. The van der Waals surface area contributed by atoms with E-state index in [4.69, 9.17) is 0 Å². The Balaban J connectivity index is 1.82. The summed E-state index contributed by atoms with van der Waals surface area (Å²) in [7, 11) is 0. The van der Waals surface area contributed by atoms with Crippen molar-refractivity contribution in [2.45, 2.75) is 53.4 Å². The van der Waals surface area contributed by atoms with Gasteiger partial charge in [0.25, 0.3) is 0 Å². The van der Waals surface area contributed by atoms with Crippen molar-refractivity contribution in [3.63, 3.8) is 0 Å². The summed E-state index contributed by atoms with van der Waals surface area (Å²) in [5.41, 5.74) is 1.65. The van der Waals surface area contributed by atoms with E-state index in [1.165, 1.54) is 6.42 Å². The summed E-state index contributed by atoms with van der Waals surface area (Å²) < 4.78 is 0. The molecule has 0 aromatic rings. The van der Waals surface area contributed by atoms with Crippen molar-refractivity contribution >= 4 is 5.78 Å². The normalized spacial score (nSPS) is 30.3. The molecule has 2 heteroatoms. The summed E-state index contributed by atoms with van der Waals surface area (Å²) in [5.74, 6) is 2.70. The second-order valence-electron chi connectivity index (χ2n) is 7.03. The quantitative estimate of drug-likeness (QED) is 0.807. The van der Waals surface area contributed by atoms with Gasteiger partial charge in [0, 0.05) is 24.7 Å². The smallest absolute Gasteiger partial charge is 0.157 e. The van der Waals surface area contributed by atoms with Crippen LogP contribution in [0.1, 0.15) is 53.4 Å². The molecule has 2 aliphatic rings. The predicted octanol–water partition coefficient (Wildman–Crippen LogP) is 3.53. The summed E-state index contributed by atoms with van der Waals surface area (Å²) in [6, 6.07) is 0. The number of nitrogens with one attached hydrogen (secondary N) is 1. The number of hydrogen-bond acceptors (Lipinski definition) is 2. The summed E-state index contributed by atoms with van der Waals surface area (Å²) in [4.78, 5) is 11.4. The zero-order valence-electron chi connectivity index (χ0n) is 12.3. The first-order chi connectivity index (χ1) is 8.41. The Morgan fingerprint density at radius 1 is 1.33 bits per heavy atom. The fraction of sp³-hybridized carbons (Fsp3) is 0.812. The van der Waals surface area contributed by atoms with Gasteiger partial charge < -0.3 is 5.32 Å². The van der Waals surface area contributed by atoms with E-state index in [0.29, 0.717) is 5.41 Å². The van der Waals surface area contributed by atoms with E-state index >= 15 is 0 Å². The Morgan fingerprint density at radius 3 is 2.67 bits per heavy atom. The minimum Gasteiger partial charge on any atom is -0.388 e. The Hall–Kier alpha value is -0.790. The molecule has 0 unspecified atom stereocenters. The Kier molecular flexibility index (Phi) is 3.84. The van der Waals surface area contributed by atoms with E-state index in [9.17, 15) is 4.79 Å². The topological polar surface area (TPSA) is 29.1 Å². The SMILES string of the molecule is CC(C)C[C@H]1[C@@H](CNC2=CC(=O)CCC2)C1(C)C. The Morgan fingerprint density at radius 2 is 2.06 bits per heavy atom. The molecule has 0 radical (unpaired) electrons. The summed E-state index contributed by atoms with van der Waals surface area (Å²) in [6.45, 7) is 10.4. The molecule has 0 saturated heterocycles. The number of hydrogen-bond donors (Lipinski definition) is 1. The molecule has 1 fully saturated rings. The zero-order valence-corrected chi connectivity index (χ0v) is 12.3. The monoisotopic (exact) mass is 249 g/mol. The zero-order chi connectivity index (χ0) is 13.3. The molecule has 102 valence electrons. The van der Waals surface area contributed by atoms with E-state index in [0.717, 1.165) is 49.3 Å². The molecular weight excluding hydrogens is 222 g/mol. The van der Waals surface area contributed by atoms with Crippen LogP contribution < -0.4 is 5.32 Å². The highest BCUT2D eigenvalue weighted by Crippen LogP contribution is 2.60. The average Bonchev–Trinajstić information content (AvgIpc) is 2.76. The van der Waals surface area contributed by atoms with Gasteiger partial charge in [-0.05, 0) is 42.4 Å². The fourth-order valence-electron chi connectivity index (χ4n) is 3.41. The van der Waals surface area contributed by atoms with Crippen LogP contribution in [0.5, 0.6) is 0 Å². The molecule has 0 aromatic carbocycles. The van der Waals surface area contributed by atoms with Gasteiger partial charge in [-0.25, -0.2) is 0 Å². The first-order valence-corrected chi connectivity index (χ1v) is 7.38. The standard InChI is InChI=1S/C16H27NO/c1-11(2)8-14-15(16(14,3)4)10-17-12-6-5-7-13(18)9-12/h9,11,14-15,17H,5-8,10H2,1-4H3/t14-,15+/m0/s1. The van der Waals surface area contributed by atoms with Gasteiger partial charge in [0.15, 0.2) is 5.78 Å². The highest BCUT2D eigenvalue weighted by Gasteiger charge is 2.56. The van der Waals surface area contributed by atoms with Crippen molar-refractivity contribution in [1.82, 2.24) is 5.32 Å². The lowest BCUT2D eigenvalue weighted by molar-refractivity contribution is -0.115. The molecule has 1 N–H and O–H groups in total. The van der Waals surface area contributed by atoms with Crippen molar-refractivity contribution in [3.8, 4) is 0 Å². The van der Waals surface area contributed by atoms with Crippen LogP contribution in [-0.2, 0) is 4.79 Å². The van der Waals surface area contributed by atoms with Gasteiger partial charge in [-0.1, -0.05) is 27.7 Å². The van der Waals surface area contributed by atoms with Crippen molar-refractivity contribution in [2.24, 2.45) is 23.2 Å². The molecule has 0 aromatic heterocycles. The molecule has 0 bridgehead atoms. The lowest BCUT2D eigenvalue weighted by Gasteiger charge is -2.14. The lowest BCUT2D eigenvalue weighted by Crippen LogP contribution is -2.21. The van der Waals surface area contributed by atoms with Crippen LogP contribution in [0.2, 0.25) is 0 Å². The number of rotatable bonds is 5. The molecule has 0 spiro atoms. The van der Waals surface area contributed by atoms with Crippen LogP contribution >= 0.6 is 0 Å². The minimum atomic E-state index is 0.289. The van der Waals surface area contributed by atoms with Crippen molar-refractivity contribution < 1.29 is 4.79 Å².